The Bertz CT molecular complexity index is 394. The Morgan fingerprint density at radius 2 is 1.67 bits per heavy atom. The predicted molar refractivity (Wildman–Crippen MR) is 72.9 cm³/mol. The lowest BCUT2D eigenvalue weighted by molar-refractivity contribution is -0.143. The van der Waals surface area contributed by atoms with Crippen molar-refractivity contribution in [2.75, 3.05) is 11.9 Å². The molecule has 1 aromatic carbocycles. The molecule has 0 radical (unpaired) electrons. The van der Waals surface area contributed by atoms with Gasteiger partial charge >= 0.3 is 5.97 Å². The molecule has 3 nitrogen and oxygen atoms in total. The van der Waals surface area contributed by atoms with Crippen LogP contribution in [0.5, 0.6) is 0 Å². The molecular formula is C15H21NO2. The number of benzene rings is 1. The van der Waals surface area contributed by atoms with Gasteiger partial charge in [0, 0.05) is 12.7 Å². The highest BCUT2D eigenvalue weighted by atomic mass is 16.4. The molecule has 0 spiro atoms. The fraction of sp³-hybridized carbons (Fsp3) is 0.533. The first-order valence-electron chi connectivity index (χ1n) is 6.69. The fourth-order valence-corrected chi connectivity index (χ4v) is 2.90. The Hall–Kier alpha value is -1.51. The molecule has 0 aromatic heterocycles. The van der Waals surface area contributed by atoms with Gasteiger partial charge in [-0.3, -0.25) is 0 Å². The van der Waals surface area contributed by atoms with Crippen molar-refractivity contribution in [1.29, 1.82) is 0 Å². The number of rotatable bonds is 3. The Morgan fingerprint density at radius 3 is 2.17 bits per heavy atom. The van der Waals surface area contributed by atoms with Gasteiger partial charge in [-0.2, -0.15) is 0 Å². The summed E-state index contributed by atoms with van der Waals surface area (Å²) in [6, 6.07) is 9.83. The van der Waals surface area contributed by atoms with E-state index in [1.165, 1.54) is 0 Å². The molecular weight excluding hydrogens is 226 g/mol. The molecule has 1 fully saturated rings. The first-order chi connectivity index (χ1) is 8.67. The highest BCUT2D eigenvalue weighted by Gasteiger charge is 2.42. The molecule has 1 N–H and O–H groups in total. The minimum Gasteiger partial charge on any atom is -0.479 e. The van der Waals surface area contributed by atoms with E-state index in [0.717, 1.165) is 44.2 Å². The zero-order valence-electron chi connectivity index (χ0n) is 10.9. The quantitative estimate of drug-likeness (QED) is 0.833. The second-order valence-electron chi connectivity index (χ2n) is 5.15. The number of nitrogens with zero attached hydrogens (tertiary/aromatic N) is 1. The lowest BCUT2D eigenvalue weighted by Crippen LogP contribution is -2.53. The van der Waals surface area contributed by atoms with Crippen LogP contribution in [-0.4, -0.2) is 23.7 Å². The Labute approximate surface area is 108 Å². The van der Waals surface area contributed by atoms with Crippen LogP contribution in [0.2, 0.25) is 0 Å². The predicted octanol–water partition coefficient (Wildman–Crippen LogP) is 3.30. The summed E-state index contributed by atoms with van der Waals surface area (Å²) >= 11 is 0. The lowest BCUT2D eigenvalue weighted by atomic mass is 9.88. The zero-order chi connectivity index (χ0) is 13.0. The third-order valence-corrected chi connectivity index (χ3v) is 4.11. The van der Waals surface area contributed by atoms with E-state index in [-0.39, 0.29) is 0 Å². The van der Waals surface area contributed by atoms with Gasteiger partial charge < -0.3 is 10.0 Å². The maximum Gasteiger partial charge on any atom is 0.329 e. The van der Waals surface area contributed by atoms with E-state index in [4.69, 9.17) is 0 Å². The number of carbonyl (C=O) groups is 1. The normalized spacial score (nSPS) is 18.9. The Balaban J connectivity index is 2.32. The van der Waals surface area contributed by atoms with E-state index in [9.17, 15) is 9.90 Å². The summed E-state index contributed by atoms with van der Waals surface area (Å²) in [5, 5.41) is 9.70. The first kappa shape index (κ1) is 12.9. The Kier molecular flexibility index (Phi) is 3.90. The number of carboxylic acid groups (broad SMARTS) is 1. The smallest absolute Gasteiger partial charge is 0.329 e. The van der Waals surface area contributed by atoms with Crippen LogP contribution in [0.3, 0.4) is 0 Å². The van der Waals surface area contributed by atoms with Crippen molar-refractivity contribution < 1.29 is 9.90 Å². The Morgan fingerprint density at radius 1 is 1.11 bits per heavy atom. The molecule has 0 bridgehead atoms. The van der Waals surface area contributed by atoms with Crippen molar-refractivity contribution in [3.8, 4) is 0 Å². The summed E-state index contributed by atoms with van der Waals surface area (Å²) < 4.78 is 0. The molecule has 1 aliphatic carbocycles. The molecule has 1 saturated carbocycles. The van der Waals surface area contributed by atoms with Crippen LogP contribution in [-0.2, 0) is 4.79 Å². The number of aliphatic carboxylic acids is 1. The van der Waals surface area contributed by atoms with E-state index in [1.54, 1.807) is 0 Å². The van der Waals surface area contributed by atoms with Gasteiger partial charge in [-0.25, -0.2) is 4.79 Å². The highest BCUT2D eigenvalue weighted by molar-refractivity contribution is 5.83. The molecule has 1 aromatic rings. The molecule has 2 rings (SSSR count). The third-order valence-electron chi connectivity index (χ3n) is 4.11. The van der Waals surface area contributed by atoms with Gasteiger partial charge in [0.1, 0.15) is 5.54 Å². The monoisotopic (exact) mass is 247 g/mol. The second-order valence-corrected chi connectivity index (χ2v) is 5.15. The highest BCUT2D eigenvalue weighted by Crippen LogP contribution is 2.35. The number of hydrogen-bond donors (Lipinski definition) is 1. The van der Waals surface area contributed by atoms with Crippen LogP contribution in [0, 0.1) is 0 Å². The van der Waals surface area contributed by atoms with Gasteiger partial charge in [0.05, 0.1) is 0 Å². The topological polar surface area (TPSA) is 40.5 Å². The van der Waals surface area contributed by atoms with E-state index < -0.39 is 11.5 Å². The molecule has 98 valence electrons. The molecule has 1 aliphatic rings. The molecule has 0 aliphatic heterocycles. The van der Waals surface area contributed by atoms with Crippen molar-refractivity contribution in [3.63, 3.8) is 0 Å². The van der Waals surface area contributed by atoms with E-state index >= 15 is 0 Å². The van der Waals surface area contributed by atoms with Gasteiger partial charge in [-0.1, -0.05) is 43.9 Å². The van der Waals surface area contributed by atoms with Crippen LogP contribution >= 0.6 is 0 Å². The molecule has 0 amide bonds. The average molecular weight is 247 g/mol. The molecule has 0 heterocycles. The van der Waals surface area contributed by atoms with Crippen molar-refractivity contribution >= 4 is 11.7 Å². The van der Waals surface area contributed by atoms with Gasteiger partial charge in [0.15, 0.2) is 0 Å². The van der Waals surface area contributed by atoms with Crippen LogP contribution in [0.25, 0.3) is 0 Å². The molecule has 3 heteroatoms. The van der Waals surface area contributed by atoms with Gasteiger partial charge in [0.2, 0.25) is 0 Å². The van der Waals surface area contributed by atoms with Gasteiger partial charge in [0.25, 0.3) is 0 Å². The second kappa shape index (κ2) is 5.42. The van der Waals surface area contributed by atoms with Crippen LogP contribution in [0.15, 0.2) is 30.3 Å². The van der Waals surface area contributed by atoms with E-state index in [2.05, 4.69) is 0 Å². The summed E-state index contributed by atoms with van der Waals surface area (Å²) in [6.45, 7) is 0. The van der Waals surface area contributed by atoms with E-state index in [1.807, 2.05) is 42.3 Å². The van der Waals surface area contributed by atoms with Crippen LogP contribution in [0.4, 0.5) is 5.69 Å². The maximum atomic E-state index is 11.8. The number of anilines is 1. The van der Waals surface area contributed by atoms with Crippen molar-refractivity contribution in [1.82, 2.24) is 0 Å². The molecule has 18 heavy (non-hydrogen) atoms. The first-order valence-corrected chi connectivity index (χ1v) is 6.69. The van der Waals surface area contributed by atoms with Gasteiger partial charge in [-0.05, 0) is 25.0 Å². The van der Waals surface area contributed by atoms with Gasteiger partial charge in [-0.15, -0.1) is 0 Å². The summed E-state index contributed by atoms with van der Waals surface area (Å²) in [4.78, 5) is 13.8. The summed E-state index contributed by atoms with van der Waals surface area (Å²) in [5.41, 5.74) is 0.263. The van der Waals surface area contributed by atoms with E-state index in [0.29, 0.717) is 0 Å². The van der Waals surface area contributed by atoms with Crippen LogP contribution < -0.4 is 4.90 Å². The standard InChI is InChI=1S/C15H21NO2/c1-16(13-9-5-4-6-10-13)15(14(17)18)11-7-2-3-8-12-15/h4-6,9-10H,2-3,7-8,11-12H2,1H3,(H,17,18). The van der Waals surface area contributed by atoms with Crippen molar-refractivity contribution in [2.24, 2.45) is 0 Å². The number of carboxylic acids is 1. The minimum absolute atomic E-state index is 0.684. The average Bonchev–Trinajstić information content (AvgIpc) is 2.65. The summed E-state index contributed by atoms with van der Waals surface area (Å²) in [7, 11) is 1.91. The minimum atomic E-state index is -0.724. The number of para-hydroxylation sites is 1. The van der Waals surface area contributed by atoms with Crippen molar-refractivity contribution in [2.45, 2.75) is 44.1 Å². The fourth-order valence-electron chi connectivity index (χ4n) is 2.90. The van der Waals surface area contributed by atoms with Crippen molar-refractivity contribution in [3.05, 3.63) is 30.3 Å². The lowest BCUT2D eigenvalue weighted by Gasteiger charge is -2.39. The van der Waals surface area contributed by atoms with Crippen LogP contribution in [0.1, 0.15) is 38.5 Å². The summed E-state index contributed by atoms with van der Waals surface area (Å²) in [6.07, 6.45) is 5.80. The maximum absolute atomic E-state index is 11.8. The largest absolute Gasteiger partial charge is 0.479 e. The molecule has 0 saturated heterocycles. The number of likely N-dealkylation sites (N-methyl/N-ethyl adjacent to an activating group) is 1. The SMILES string of the molecule is CN(c1ccccc1)C1(C(=O)O)CCCCCC1. The third kappa shape index (κ3) is 2.35. The number of hydrogen-bond acceptors (Lipinski definition) is 2. The summed E-state index contributed by atoms with van der Waals surface area (Å²) in [5.74, 6) is -0.684. The molecule has 0 atom stereocenters. The zero-order valence-corrected chi connectivity index (χ0v) is 10.9. The molecule has 0 unspecified atom stereocenters.